The molecule has 0 atom stereocenters. The van der Waals surface area contributed by atoms with Crippen molar-refractivity contribution in [2.45, 2.75) is 0 Å². The van der Waals surface area contributed by atoms with E-state index in [-0.39, 0.29) is 0 Å². The van der Waals surface area contributed by atoms with Gasteiger partial charge in [-0.1, -0.05) is 78.9 Å². The monoisotopic (exact) mass is 437 g/mol. The Morgan fingerprint density at radius 2 is 1.09 bits per heavy atom. The highest BCUT2D eigenvalue weighted by atomic mass is 15.5. The fraction of sp³-hybridized carbons (Fsp3) is 0. The number of benzene rings is 5. The van der Waals surface area contributed by atoms with Crippen LogP contribution in [0.25, 0.3) is 27.5 Å². The predicted molar refractivity (Wildman–Crippen MR) is 143 cm³/mol. The van der Waals surface area contributed by atoms with Gasteiger partial charge in [0.25, 0.3) is 0 Å². The standard InChI is InChI=1S/C31H23N3/c1-4-12-25(13-5-1)33-30-19-11-10-18-28(30)29-22-24(20-21-31(29)33)23-32-34(26-14-6-2-7-15-26)27-16-8-3-9-17-27/h1-23H/b32-23+. The lowest BCUT2D eigenvalue weighted by Gasteiger charge is -2.19. The van der Waals surface area contributed by atoms with Crippen LogP contribution in [-0.4, -0.2) is 10.8 Å². The normalized spacial score (nSPS) is 11.4. The Bertz CT molecular complexity index is 1540. The Balaban J connectivity index is 1.46. The average molecular weight is 438 g/mol. The van der Waals surface area contributed by atoms with Crippen LogP contribution in [0.2, 0.25) is 0 Å². The van der Waals surface area contributed by atoms with Crippen molar-refractivity contribution in [3.63, 3.8) is 0 Å². The van der Waals surface area contributed by atoms with Gasteiger partial charge in [0.2, 0.25) is 0 Å². The highest BCUT2D eigenvalue weighted by molar-refractivity contribution is 6.10. The molecule has 0 aliphatic heterocycles. The van der Waals surface area contributed by atoms with Gasteiger partial charge in [0.05, 0.1) is 28.6 Å². The smallest absolute Gasteiger partial charge is 0.0652 e. The number of anilines is 2. The zero-order valence-corrected chi connectivity index (χ0v) is 18.6. The van der Waals surface area contributed by atoms with Gasteiger partial charge in [0.15, 0.2) is 0 Å². The SMILES string of the molecule is C(=N\N(c1ccccc1)c1ccccc1)/c1ccc2c(c1)c1ccccc1n2-c1ccccc1. The van der Waals surface area contributed by atoms with E-state index >= 15 is 0 Å². The first-order valence-corrected chi connectivity index (χ1v) is 11.4. The molecule has 3 heteroatoms. The molecule has 0 bridgehead atoms. The summed E-state index contributed by atoms with van der Waals surface area (Å²) in [6, 6.07) is 46.1. The number of hydrogen-bond acceptors (Lipinski definition) is 2. The molecule has 6 rings (SSSR count). The van der Waals surface area contributed by atoms with E-state index in [2.05, 4.69) is 102 Å². The van der Waals surface area contributed by atoms with Gasteiger partial charge in [-0.25, -0.2) is 5.01 Å². The maximum atomic E-state index is 4.89. The first-order valence-electron chi connectivity index (χ1n) is 11.4. The number of nitrogens with zero attached hydrogens (tertiary/aromatic N) is 3. The van der Waals surface area contributed by atoms with E-state index in [4.69, 9.17) is 5.10 Å². The summed E-state index contributed by atoms with van der Waals surface area (Å²) in [7, 11) is 0. The largest absolute Gasteiger partial charge is 0.309 e. The zero-order chi connectivity index (χ0) is 22.7. The summed E-state index contributed by atoms with van der Waals surface area (Å²) in [4.78, 5) is 0. The minimum Gasteiger partial charge on any atom is -0.309 e. The van der Waals surface area contributed by atoms with Gasteiger partial charge < -0.3 is 4.57 Å². The summed E-state index contributed by atoms with van der Waals surface area (Å²) < 4.78 is 2.33. The van der Waals surface area contributed by atoms with E-state index in [1.807, 2.05) is 47.6 Å². The highest BCUT2D eigenvalue weighted by Gasteiger charge is 2.12. The molecule has 3 nitrogen and oxygen atoms in total. The van der Waals surface area contributed by atoms with Crippen molar-refractivity contribution in [3.05, 3.63) is 139 Å². The van der Waals surface area contributed by atoms with Gasteiger partial charge in [0.1, 0.15) is 0 Å². The molecule has 0 radical (unpaired) electrons. The summed E-state index contributed by atoms with van der Waals surface area (Å²) in [5.41, 5.74) is 6.65. The Kier molecular flexibility index (Phi) is 5.13. The Labute approximate surface area is 198 Å². The molecule has 0 unspecified atom stereocenters. The molecule has 0 amide bonds. The predicted octanol–water partition coefficient (Wildman–Crippen LogP) is 7.96. The van der Waals surface area contributed by atoms with E-state index in [0.29, 0.717) is 0 Å². The second-order valence-electron chi connectivity index (χ2n) is 8.19. The maximum absolute atomic E-state index is 4.89. The third-order valence-corrected chi connectivity index (χ3v) is 6.03. The first kappa shape index (κ1) is 20.0. The van der Waals surface area contributed by atoms with Crippen LogP contribution in [0, 0.1) is 0 Å². The van der Waals surface area contributed by atoms with Gasteiger partial charge >= 0.3 is 0 Å². The molecule has 1 aromatic heterocycles. The van der Waals surface area contributed by atoms with E-state index in [9.17, 15) is 0 Å². The summed E-state index contributed by atoms with van der Waals surface area (Å²) in [5, 5.41) is 9.31. The summed E-state index contributed by atoms with van der Waals surface area (Å²) in [6.07, 6.45) is 1.94. The van der Waals surface area contributed by atoms with Crippen LogP contribution < -0.4 is 5.01 Å². The first-order chi connectivity index (χ1) is 16.9. The topological polar surface area (TPSA) is 20.5 Å². The molecule has 0 aliphatic carbocycles. The molecule has 6 aromatic rings. The fourth-order valence-electron chi connectivity index (χ4n) is 4.47. The van der Waals surface area contributed by atoms with Crippen LogP contribution in [-0.2, 0) is 0 Å². The molecular formula is C31H23N3. The van der Waals surface area contributed by atoms with E-state index in [1.165, 1.54) is 21.8 Å². The van der Waals surface area contributed by atoms with Crippen molar-refractivity contribution in [2.75, 3.05) is 5.01 Å². The van der Waals surface area contributed by atoms with Crippen LogP contribution in [0.15, 0.2) is 139 Å². The average Bonchev–Trinajstić information content (AvgIpc) is 3.24. The Morgan fingerprint density at radius 1 is 0.529 bits per heavy atom. The van der Waals surface area contributed by atoms with Crippen LogP contribution in [0.3, 0.4) is 0 Å². The number of fused-ring (bicyclic) bond motifs is 3. The van der Waals surface area contributed by atoms with E-state index in [0.717, 1.165) is 22.6 Å². The minimum atomic E-state index is 1.02. The van der Waals surface area contributed by atoms with Crippen molar-refractivity contribution in [2.24, 2.45) is 5.10 Å². The van der Waals surface area contributed by atoms with Crippen molar-refractivity contribution in [3.8, 4) is 5.69 Å². The van der Waals surface area contributed by atoms with Crippen molar-refractivity contribution < 1.29 is 0 Å². The third-order valence-electron chi connectivity index (χ3n) is 6.03. The molecule has 0 spiro atoms. The van der Waals surface area contributed by atoms with Gasteiger partial charge in [-0.15, -0.1) is 0 Å². The van der Waals surface area contributed by atoms with Crippen LogP contribution in [0.4, 0.5) is 11.4 Å². The molecule has 0 N–H and O–H groups in total. The Hall–Kier alpha value is -4.63. The second-order valence-corrected chi connectivity index (χ2v) is 8.19. The van der Waals surface area contributed by atoms with Crippen LogP contribution >= 0.6 is 0 Å². The summed E-state index contributed by atoms with van der Waals surface area (Å²) in [5.74, 6) is 0. The number of hydrazone groups is 1. The van der Waals surface area contributed by atoms with Gasteiger partial charge in [0, 0.05) is 16.5 Å². The third kappa shape index (κ3) is 3.63. The number of para-hydroxylation sites is 4. The van der Waals surface area contributed by atoms with Gasteiger partial charge in [-0.2, -0.15) is 5.10 Å². The molecular weight excluding hydrogens is 414 g/mol. The molecule has 162 valence electrons. The molecule has 5 aromatic carbocycles. The second kappa shape index (κ2) is 8.72. The Morgan fingerprint density at radius 3 is 1.76 bits per heavy atom. The maximum Gasteiger partial charge on any atom is 0.0652 e. The number of hydrogen-bond donors (Lipinski definition) is 0. The number of rotatable bonds is 5. The summed E-state index contributed by atoms with van der Waals surface area (Å²) in [6.45, 7) is 0. The molecule has 0 saturated carbocycles. The quantitative estimate of drug-likeness (QED) is 0.198. The molecule has 0 fully saturated rings. The molecule has 0 aliphatic rings. The van der Waals surface area contributed by atoms with Crippen molar-refractivity contribution in [1.82, 2.24) is 4.57 Å². The fourth-order valence-corrected chi connectivity index (χ4v) is 4.47. The van der Waals surface area contributed by atoms with Crippen LogP contribution in [0.5, 0.6) is 0 Å². The highest BCUT2D eigenvalue weighted by Crippen LogP contribution is 2.32. The molecule has 34 heavy (non-hydrogen) atoms. The van der Waals surface area contributed by atoms with Gasteiger partial charge in [-0.05, 0) is 60.2 Å². The molecule has 1 heterocycles. The lowest BCUT2D eigenvalue weighted by atomic mass is 10.1. The lowest BCUT2D eigenvalue weighted by molar-refractivity contribution is 1.09. The molecule has 0 saturated heterocycles. The van der Waals surface area contributed by atoms with Crippen molar-refractivity contribution in [1.29, 1.82) is 0 Å². The van der Waals surface area contributed by atoms with E-state index < -0.39 is 0 Å². The number of aromatic nitrogens is 1. The minimum absolute atomic E-state index is 1.02. The van der Waals surface area contributed by atoms with Gasteiger partial charge in [-0.3, -0.25) is 0 Å². The van der Waals surface area contributed by atoms with Crippen molar-refractivity contribution >= 4 is 39.4 Å². The summed E-state index contributed by atoms with van der Waals surface area (Å²) >= 11 is 0. The van der Waals surface area contributed by atoms with E-state index in [1.54, 1.807) is 0 Å². The zero-order valence-electron chi connectivity index (χ0n) is 18.6. The van der Waals surface area contributed by atoms with Crippen LogP contribution in [0.1, 0.15) is 5.56 Å². The lowest BCUT2D eigenvalue weighted by Crippen LogP contribution is -2.09.